The summed E-state index contributed by atoms with van der Waals surface area (Å²) >= 11 is 0. The number of aryl methyl sites for hydroxylation is 1. The molecular weight excluding hydrogens is 276 g/mol. The number of aliphatic hydroxyl groups is 1. The summed E-state index contributed by atoms with van der Waals surface area (Å²) in [7, 11) is 0. The molecular formula is C18H20N2O2. The van der Waals surface area contributed by atoms with E-state index in [1.54, 1.807) is 0 Å². The third-order valence-corrected chi connectivity index (χ3v) is 3.53. The number of ether oxygens (including phenoxy) is 1. The third kappa shape index (κ3) is 2.70. The Hall–Kier alpha value is -2.33. The molecule has 0 aliphatic rings. The van der Waals surface area contributed by atoms with Crippen LogP contribution in [0.1, 0.15) is 25.1 Å². The van der Waals surface area contributed by atoms with Gasteiger partial charge in [0.05, 0.1) is 24.1 Å². The second-order valence-corrected chi connectivity index (χ2v) is 5.69. The molecule has 0 radical (unpaired) electrons. The van der Waals surface area contributed by atoms with Crippen molar-refractivity contribution in [1.29, 1.82) is 0 Å². The minimum absolute atomic E-state index is 0.0518. The number of fused-ring (bicyclic) bond motifs is 1. The molecule has 0 aliphatic carbocycles. The molecule has 2 heterocycles. The molecule has 0 atom stereocenters. The summed E-state index contributed by atoms with van der Waals surface area (Å²) < 4.78 is 7.59. The predicted molar refractivity (Wildman–Crippen MR) is 87.1 cm³/mol. The number of hydrogen-bond acceptors (Lipinski definition) is 3. The number of hydrogen-bond donors (Lipinski definition) is 1. The first kappa shape index (κ1) is 14.6. The van der Waals surface area contributed by atoms with Gasteiger partial charge in [0.1, 0.15) is 11.4 Å². The Morgan fingerprint density at radius 2 is 1.91 bits per heavy atom. The Bertz CT molecular complexity index is 789. The topological polar surface area (TPSA) is 46.8 Å². The Morgan fingerprint density at radius 3 is 2.55 bits per heavy atom. The average molecular weight is 296 g/mol. The van der Waals surface area contributed by atoms with E-state index in [9.17, 15) is 5.11 Å². The van der Waals surface area contributed by atoms with E-state index in [-0.39, 0.29) is 12.7 Å². The molecule has 22 heavy (non-hydrogen) atoms. The van der Waals surface area contributed by atoms with Gasteiger partial charge in [0.2, 0.25) is 0 Å². The van der Waals surface area contributed by atoms with Crippen molar-refractivity contribution in [1.82, 2.24) is 9.38 Å². The molecule has 0 bridgehead atoms. The highest BCUT2D eigenvalue weighted by atomic mass is 16.5. The molecule has 4 nitrogen and oxygen atoms in total. The van der Waals surface area contributed by atoms with Gasteiger partial charge in [0.15, 0.2) is 0 Å². The fourth-order valence-corrected chi connectivity index (χ4v) is 2.54. The van der Waals surface area contributed by atoms with Crippen LogP contribution in [0.25, 0.3) is 16.9 Å². The number of pyridine rings is 1. The molecule has 0 unspecified atom stereocenters. The summed E-state index contributed by atoms with van der Waals surface area (Å²) in [6.45, 7) is 5.99. The second kappa shape index (κ2) is 5.81. The maximum atomic E-state index is 9.72. The molecule has 0 fully saturated rings. The second-order valence-electron chi connectivity index (χ2n) is 5.69. The number of aromatic nitrogens is 2. The van der Waals surface area contributed by atoms with Gasteiger partial charge in [-0.05, 0) is 62.7 Å². The molecule has 114 valence electrons. The summed E-state index contributed by atoms with van der Waals surface area (Å²) in [5, 5.41) is 9.72. The maximum absolute atomic E-state index is 9.72. The first-order valence-corrected chi connectivity index (χ1v) is 7.44. The minimum atomic E-state index is -0.0518. The standard InChI is InChI=1S/C18H20N2O2/c1-12(2)22-15-6-4-14(5-7-15)18-16(11-21)20-9-8-13(3)10-17(20)19-18/h4-10,12,21H,11H2,1-3H3. The van der Waals surface area contributed by atoms with E-state index in [1.807, 2.05) is 67.8 Å². The summed E-state index contributed by atoms with van der Waals surface area (Å²) in [4.78, 5) is 4.67. The van der Waals surface area contributed by atoms with Crippen LogP contribution in [-0.4, -0.2) is 20.6 Å². The molecule has 1 N–H and O–H groups in total. The highest BCUT2D eigenvalue weighted by Crippen LogP contribution is 2.27. The van der Waals surface area contributed by atoms with E-state index in [0.29, 0.717) is 0 Å². The number of benzene rings is 1. The van der Waals surface area contributed by atoms with Crippen molar-refractivity contribution >= 4 is 5.65 Å². The van der Waals surface area contributed by atoms with Crippen LogP contribution >= 0.6 is 0 Å². The summed E-state index contributed by atoms with van der Waals surface area (Å²) in [5.41, 5.74) is 4.58. The predicted octanol–water partition coefficient (Wildman–Crippen LogP) is 3.59. The Balaban J connectivity index is 2.05. The molecule has 0 amide bonds. The van der Waals surface area contributed by atoms with Crippen molar-refractivity contribution in [2.45, 2.75) is 33.5 Å². The Kier molecular flexibility index (Phi) is 3.86. The number of rotatable bonds is 4. The van der Waals surface area contributed by atoms with Gasteiger partial charge in [-0.2, -0.15) is 0 Å². The van der Waals surface area contributed by atoms with Gasteiger partial charge in [-0.25, -0.2) is 4.98 Å². The lowest BCUT2D eigenvalue weighted by Crippen LogP contribution is -2.05. The molecule has 0 saturated heterocycles. The molecule has 3 rings (SSSR count). The fraction of sp³-hybridized carbons (Fsp3) is 0.278. The van der Waals surface area contributed by atoms with E-state index in [4.69, 9.17) is 4.74 Å². The van der Waals surface area contributed by atoms with Crippen LogP contribution in [0, 0.1) is 6.92 Å². The van der Waals surface area contributed by atoms with Crippen LogP contribution < -0.4 is 4.74 Å². The zero-order valence-corrected chi connectivity index (χ0v) is 13.1. The number of aliphatic hydroxyl groups excluding tert-OH is 1. The molecule has 0 aliphatic heterocycles. The van der Waals surface area contributed by atoms with Crippen molar-refractivity contribution in [2.24, 2.45) is 0 Å². The number of nitrogens with zero attached hydrogens (tertiary/aromatic N) is 2. The van der Waals surface area contributed by atoms with Crippen LogP contribution in [0.15, 0.2) is 42.6 Å². The highest BCUT2D eigenvalue weighted by Gasteiger charge is 2.13. The SMILES string of the molecule is Cc1ccn2c(CO)c(-c3ccc(OC(C)C)cc3)nc2c1. The van der Waals surface area contributed by atoms with Gasteiger partial charge < -0.3 is 14.2 Å². The molecule has 2 aromatic heterocycles. The lowest BCUT2D eigenvalue weighted by Gasteiger charge is -2.10. The summed E-state index contributed by atoms with van der Waals surface area (Å²) in [5.74, 6) is 0.837. The van der Waals surface area contributed by atoms with Crippen molar-refractivity contribution in [3.05, 3.63) is 53.9 Å². The van der Waals surface area contributed by atoms with Gasteiger partial charge in [0.25, 0.3) is 0 Å². The van der Waals surface area contributed by atoms with Crippen molar-refractivity contribution in [3.63, 3.8) is 0 Å². The normalized spacial score (nSPS) is 11.3. The van der Waals surface area contributed by atoms with Crippen molar-refractivity contribution in [2.75, 3.05) is 0 Å². The molecule has 4 heteroatoms. The van der Waals surface area contributed by atoms with Crippen molar-refractivity contribution in [3.8, 4) is 17.0 Å². The molecule has 3 aromatic rings. The fourth-order valence-electron chi connectivity index (χ4n) is 2.54. The Morgan fingerprint density at radius 1 is 1.18 bits per heavy atom. The van der Waals surface area contributed by atoms with Crippen LogP contribution in [0.2, 0.25) is 0 Å². The van der Waals surface area contributed by atoms with Crippen LogP contribution in [-0.2, 0) is 6.61 Å². The van der Waals surface area contributed by atoms with Crippen LogP contribution in [0.3, 0.4) is 0 Å². The maximum Gasteiger partial charge on any atom is 0.138 e. The largest absolute Gasteiger partial charge is 0.491 e. The zero-order chi connectivity index (χ0) is 15.7. The lowest BCUT2D eigenvalue weighted by molar-refractivity contribution is 0.242. The van der Waals surface area contributed by atoms with E-state index in [0.717, 1.165) is 33.9 Å². The zero-order valence-electron chi connectivity index (χ0n) is 13.1. The first-order valence-electron chi connectivity index (χ1n) is 7.44. The van der Waals surface area contributed by atoms with E-state index in [2.05, 4.69) is 4.98 Å². The van der Waals surface area contributed by atoms with Gasteiger partial charge in [-0.15, -0.1) is 0 Å². The minimum Gasteiger partial charge on any atom is -0.491 e. The Labute approximate surface area is 130 Å². The molecule has 0 spiro atoms. The average Bonchev–Trinajstić information content (AvgIpc) is 2.84. The van der Waals surface area contributed by atoms with Crippen LogP contribution in [0.4, 0.5) is 0 Å². The molecule has 1 aromatic carbocycles. The smallest absolute Gasteiger partial charge is 0.138 e. The summed E-state index contributed by atoms with van der Waals surface area (Å²) in [6.07, 6.45) is 2.10. The van der Waals surface area contributed by atoms with Crippen molar-refractivity contribution < 1.29 is 9.84 Å². The highest BCUT2D eigenvalue weighted by molar-refractivity contribution is 5.67. The monoisotopic (exact) mass is 296 g/mol. The quantitative estimate of drug-likeness (QED) is 0.800. The lowest BCUT2D eigenvalue weighted by atomic mass is 10.1. The van der Waals surface area contributed by atoms with Gasteiger partial charge in [-0.1, -0.05) is 0 Å². The van der Waals surface area contributed by atoms with Gasteiger partial charge in [-0.3, -0.25) is 0 Å². The van der Waals surface area contributed by atoms with E-state index >= 15 is 0 Å². The molecule has 0 saturated carbocycles. The summed E-state index contributed by atoms with van der Waals surface area (Å²) in [6, 6.07) is 11.9. The van der Waals surface area contributed by atoms with Gasteiger partial charge in [0, 0.05) is 11.8 Å². The first-order chi connectivity index (χ1) is 10.6. The van der Waals surface area contributed by atoms with Gasteiger partial charge >= 0.3 is 0 Å². The third-order valence-electron chi connectivity index (χ3n) is 3.53. The van der Waals surface area contributed by atoms with E-state index < -0.39 is 0 Å². The van der Waals surface area contributed by atoms with E-state index in [1.165, 1.54) is 0 Å². The number of imidazole rings is 1. The van der Waals surface area contributed by atoms with Crippen LogP contribution in [0.5, 0.6) is 5.75 Å².